The number of esters is 1. The minimum atomic E-state index is -1.17. The van der Waals surface area contributed by atoms with Gasteiger partial charge < -0.3 is 40.0 Å². The van der Waals surface area contributed by atoms with Crippen molar-refractivity contribution in [2.45, 2.75) is 57.0 Å². The number of ether oxygens (including phenoxy) is 3. The van der Waals surface area contributed by atoms with Gasteiger partial charge in [0.2, 0.25) is 5.91 Å². The molecule has 1 fully saturated rings. The maximum atomic E-state index is 12.3. The Morgan fingerprint density at radius 1 is 1.32 bits per heavy atom. The smallest absolute Gasteiger partial charge is 0.328 e. The number of thioether (sulfide) groups is 1. The molecule has 5 atom stereocenters. The molecule has 1 amide bonds. The van der Waals surface area contributed by atoms with Gasteiger partial charge in [-0.15, -0.1) is 0 Å². The summed E-state index contributed by atoms with van der Waals surface area (Å²) in [6, 6.07) is 0.908. The Balaban J connectivity index is 1.56. The fourth-order valence-electron chi connectivity index (χ4n) is 3.62. The number of nitrogens with one attached hydrogen (secondary N) is 1. The number of hydrogen-bond donors (Lipinski definition) is 4. The molecular weight excluding hydrogens is 466 g/mol. The van der Waals surface area contributed by atoms with Crippen LogP contribution in [0.4, 0.5) is 5.82 Å². The number of anilines is 1. The first kappa shape index (κ1) is 26.2. The molecule has 0 radical (unpaired) electrons. The molecule has 2 aromatic heterocycles. The zero-order valence-corrected chi connectivity index (χ0v) is 20.1. The molecule has 1 aliphatic heterocycles. The number of nitrogens with zero attached hydrogens (tertiary/aromatic N) is 3. The molecule has 0 aliphatic carbocycles. The quantitative estimate of drug-likeness (QED) is 0.240. The Morgan fingerprint density at radius 3 is 2.79 bits per heavy atom. The van der Waals surface area contributed by atoms with E-state index in [9.17, 15) is 19.8 Å². The average molecular weight is 498 g/mol. The molecule has 0 spiro atoms. The highest BCUT2D eigenvalue weighted by Gasteiger charge is 2.44. The molecule has 34 heavy (non-hydrogen) atoms. The molecule has 0 saturated carbocycles. The highest BCUT2D eigenvalue weighted by Crippen LogP contribution is 2.34. The lowest BCUT2D eigenvalue weighted by Gasteiger charge is -2.19. The van der Waals surface area contributed by atoms with E-state index in [4.69, 9.17) is 19.9 Å². The van der Waals surface area contributed by atoms with Gasteiger partial charge in [-0.1, -0.05) is 0 Å². The van der Waals surface area contributed by atoms with Gasteiger partial charge in [-0.2, -0.15) is 11.8 Å². The summed E-state index contributed by atoms with van der Waals surface area (Å²) in [6.07, 6.45) is -0.756. The number of nitrogens with two attached hydrogens (primary N) is 1. The minimum Gasteiger partial charge on any atom is -0.461 e. The highest BCUT2D eigenvalue weighted by molar-refractivity contribution is 7.99. The lowest BCUT2D eigenvalue weighted by atomic mass is 10.1. The topological polar surface area (TPSA) is 171 Å². The van der Waals surface area contributed by atoms with Crippen LogP contribution in [0.5, 0.6) is 0 Å². The second kappa shape index (κ2) is 11.8. The van der Waals surface area contributed by atoms with Crippen LogP contribution in [-0.4, -0.2) is 92.3 Å². The van der Waals surface area contributed by atoms with Crippen LogP contribution < -0.4 is 11.1 Å². The van der Waals surface area contributed by atoms with E-state index in [0.717, 1.165) is 0 Å². The number of aliphatic hydroxyl groups is 2. The molecule has 3 rings (SSSR count). The first-order chi connectivity index (χ1) is 16.2. The zero-order valence-electron chi connectivity index (χ0n) is 19.3. The van der Waals surface area contributed by atoms with Crippen molar-refractivity contribution in [2.24, 2.45) is 0 Å². The molecule has 3 heterocycles. The number of carbonyl (C=O) groups is 2. The minimum absolute atomic E-state index is 0.162. The molecule has 188 valence electrons. The number of amides is 1. The summed E-state index contributed by atoms with van der Waals surface area (Å²) in [7, 11) is 1.39. The lowest BCUT2D eigenvalue weighted by molar-refractivity contribution is -0.151. The molecule has 1 aliphatic rings. The van der Waals surface area contributed by atoms with E-state index in [1.807, 2.05) is 0 Å². The third-order valence-electron chi connectivity index (χ3n) is 5.23. The van der Waals surface area contributed by atoms with E-state index in [1.54, 1.807) is 30.7 Å². The van der Waals surface area contributed by atoms with Crippen LogP contribution in [0.1, 0.15) is 26.5 Å². The monoisotopic (exact) mass is 497 g/mol. The van der Waals surface area contributed by atoms with Crippen molar-refractivity contribution in [3.8, 4) is 0 Å². The number of nitrogen functional groups attached to an aromatic ring is 1. The third kappa shape index (κ3) is 6.16. The maximum absolute atomic E-state index is 12.3. The summed E-state index contributed by atoms with van der Waals surface area (Å²) in [6.45, 7) is 3.30. The van der Waals surface area contributed by atoms with Gasteiger partial charge in [-0.25, -0.2) is 14.8 Å². The number of aromatic nitrogens is 3. The number of fused-ring (bicyclic) bond motifs is 1. The van der Waals surface area contributed by atoms with E-state index in [2.05, 4.69) is 15.3 Å². The number of methoxy groups -OCH3 is 1. The molecule has 1 saturated heterocycles. The second-order valence-electron chi connectivity index (χ2n) is 8.17. The van der Waals surface area contributed by atoms with Gasteiger partial charge in [0.1, 0.15) is 42.6 Å². The fraction of sp³-hybridized carbons (Fsp3) is 0.619. The van der Waals surface area contributed by atoms with Crippen LogP contribution in [0, 0.1) is 0 Å². The van der Waals surface area contributed by atoms with Gasteiger partial charge in [-0.05, 0) is 32.1 Å². The van der Waals surface area contributed by atoms with E-state index in [0.29, 0.717) is 34.8 Å². The number of rotatable bonds is 11. The maximum Gasteiger partial charge on any atom is 0.328 e. The summed E-state index contributed by atoms with van der Waals surface area (Å²) < 4.78 is 17.6. The van der Waals surface area contributed by atoms with Crippen molar-refractivity contribution in [1.29, 1.82) is 0 Å². The van der Waals surface area contributed by atoms with Crippen molar-refractivity contribution in [3.63, 3.8) is 0 Å². The molecule has 0 bridgehead atoms. The van der Waals surface area contributed by atoms with Gasteiger partial charge >= 0.3 is 5.97 Å². The standard InChI is InChI=1S/C21H31N5O7S/c1-11(2)32-21(30)13(25-15(27)8-31-3)5-7-34-9-14-16(28)17(29)20(33-14)26-6-4-12-18(22)23-10-24-19(12)26/h4,6,10-11,13-14,16-17,20,28-29H,5,7-9H2,1-3H3,(H,25,27)(H2,22,23,24)/t13?,14-,16-,17-,20-/m1/s1. The van der Waals surface area contributed by atoms with Crippen molar-refractivity contribution in [2.75, 3.05) is 31.0 Å². The molecule has 1 unspecified atom stereocenters. The molecule has 13 heteroatoms. The predicted molar refractivity (Wildman–Crippen MR) is 125 cm³/mol. The number of carbonyl (C=O) groups excluding carboxylic acids is 2. The first-order valence-corrected chi connectivity index (χ1v) is 12.0. The molecule has 12 nitrogen and oxygen atoms in total. The van der Waals surface area contributed by atoms with E-state index in [1.165, 1.54) is 25.2 Å². The van der Waals surface area contributed by atoms with Crippen molar-refractivity contribution < 1.29 is 34.0 Å². The Morgan fingerprint density at radius 2 is 2.09 bits per heavy atom. The molecule has 0 aromatic carbocycles. The Bertz CT molecular complexity index is 988. The second-order valence-corrected chi connectivity index (χ2v) is 9.32. The summed E-state index contributed by atoms with van der Waals surface area (Å²) in [5.74, 6) is 0.222. The normalized spacial score (nSPS) is 23.4. The van der Waals surface area contributed by atoms with Crippen LogP contribution in [0.15, 0.2) is 18.6 Å². The van der Waals surface area contributed by atoms with Crippen LogP contribution in [-0.2, 0) is 23.8 Å². The van der Waals surface area contributed by atoms with Crippen LogP contribution >= 0.6 is 11.8 Å². The summed E-state index contributed by atoms with van der Waals surface area (Å²) >= 11 is 1.43. The summed E-state index contributed by atoms with van der Waals surface area (Å²) in [5, 5.41) is 24.3. The highest BCUT2D eigenvalue weighted by atomic mass is 32.2. The number of hydrogen-bond acceptors (Lipinski definition) is 11. The molecular formula is C21H31N5O7S. The van der Waals surface area contributed by atoms with Gasteiger partial charge in [0.25, 0.3) is 0 Å². The average Bonchev–Trinajstić information content (AvgIpc) is 3.32. The lowest BCUT2D eigenvalue weighted by Crippen LogP contribution is -2.44. The van der Waals surface area contributed by atoms with E-state index in [-0.39, 0.29) is 12.7 Å². The van der Waals surface area contributed by atoms with Crippen LogP contribution in [0.3, 0.4) is 0 Å². The van der Waals surface area contributed by atoms with Crippen molar-refractivity contribution in [1.82, 2.24) is 19.9 Å². The zero-order chi connectivity index (χ0) is 24.8. The van der Waals surface area contributed by atoms with Gasteiger partial charge in [0, 0.05) is 19.1 Å². The van der Waals surface area contributed by atoms with Crippen LogP contribution in [0.2, 0.25) is 0 Å². The Hall–Kier alpha value is -2.45. The molecule has 5 N–H and O–H groups in total. The Kier molecular flexibility index (Phi) is 9.08. The van der Waals surface area contributed by atoms with Gasteiger partial charge in [-0.3, -0.25) is 4.79 Å². The predicted octanol–water partition coefficient (Wildman–Crippen LogP) is -0.161. The number of aliphatic hydroxyl groups excluding tert-OH is 2. The van der Waals surface area contributed by atoms with Crippen molar-refractivity contribution in [3.05, 3.63) is 18.6 Å². The van der Waals surface area contributed by atoms with Crippen LogP contribution in [0.25, 0.3) is 11.0 Å². The summed E-state index contributed by atoms with van der Waals surface area (Å²) in [4.78, 5) is 32.4. The van der Waals surface area contributed by atoms with Crippen molar-refractivity contribution >= 4 is 40.5 Å². The molecule has 2 aromatic rings. The van der Waals surface area contributed by atoms with Gasteiger partial charge in [0.05, 0.1) is 17.6 Å². The third-order valence-corrected chi connectivity index (χ3v) is 6.32. The first-order valence-electron chi connectivity index (χ1n) is 10.9. The largest absolute Gasteiger partial charge is 0.461 e. The van der Waals surface area contributed by atoms with Gasteiger partial charge in [0.15, 0.2) is 6.23 Å². The SMILES string of the molecule is COCC(=O)NC(CCSC[C@H]1O[C@@H](n2ccc3c(N)ncnc32)[C@H](O)[C@@H]1O)C(=O)OC(C)C. The Labute approximate surface area is 201 Å². The fourth-order valence-corrected chi connectivity index (χ4v) is 4.70. The van der Waals surface area contributed by atoms with E-state index < -0.39 is 42.5 Å². The van der Waals surface area contributed by atoms with E-state index >= 15 is 0 Å². The summed E-state index contributed by atoms with van der Waals surface area (Å²) in [5.41, 5.74) is 6.37.